The molecule has 1 aliphatic carbocycles. The summed E-state index contributed by atoms with van der Waals surface area (Å²) in [4.78, 5) is 22.7. The van der Waals surface area contributed by atoms with Gasteiger partial charge in [0, 0.05) is 16.2 Å². The van der Waals surface area contributed by atoms with Gasteiger partial charge in [-0.25, -0.2) is 9.59 Å². The lowest BCUT2D eigenvalue weighted by Crippen LogP contribution is -2.45. The fraction of sp³-hybridized carbons (Fsp3) is 0.385. The van der Waals surface area contributed by atoms with E-state index >= 15 is 0 Å². The van der Waals surface area contributed by atoms with Crippen molar-refractivity contribution in [1.29, 1.82) is 0 Å². The van der Waals surface area contributed by atoms with Gasteiger partial charge < -0.3 is 15.7 Å². The monoisotopic (exact) mass is 326 g/mol. The Labute approximate surface area is 119 Å². The number of nitrogens with one attached hydrogen (secondary N) is 2. The molecule has 5 nitrogen and oxygen atoms in total. The molecule has 0 spiro atoms. The smallest absolute Gasteiger partial charge is 0.336 e. The molecule has 1 aliphatic rings. The van der Waals surface area contributed by atoms with E-state index in [0.717, 1.165) is 12.8 Å². The zero-order valence-corrected chi connectivity index (χ0v) is 12.0. The molecular formula is C13H15BrN2O3. The van der Waals surface area contributed by atoms with Gasteiger partial charge in [-0.2, -0.15) is 0 Å². The first-order chi connectivity index (χ1) is 8.95. The van der Waals surface area contributed by atoms with Crippen LogP contribution in [0, 0.1) is 5.92 Å². The number of halogens is 1. The second kappa shape index (κ2) is 5.61. The minimum Gasteiger partial charge on any atom is -0.478 e. The van der Waals surface area contributed by atoms with E-state index in [1.807, 2.05) is 0 Å². The van der Waals surface area contributed by atoms with Crippen LogP contribution in [0.2, 0.25) is 0 Å². The Kier molecular flexibility index (Phi) is 4.09. The molecule has 1 fully saturated rings. The standard InChI is InChI=1S/C13H15BrN2O3/c1-7-4-9(5-7)16-13(19)15-8-2-3-11(14)10(6-8)12(17)18/h2-3,6-7,9H,4-5H2,1H3,(H,17,18)(H2,15,16,19). The summed E-state index contributed by atoms with van der Waals surface area (Å²) in [6, 6.07) is 4.61. The number of carbonyl (C=O) groups is 2. The van der Waals surface area contributed by atoms with Crippen LogP contribution in [0.4, 0.5) is 10.5 Å². The Morgan fingerprint density at radius 3 is 2.63 bits per heavy atom. The summed E-state index contributed by atoms with van der Waals surface area (Å²) < 4.78 is 0.485. The molecule has 2 rings (SSSR count). The quantitative estimate of drug-likeness (QED) is 0.798. The molecule has 1 aromatic carbocycles. The Morgan fingerprint density at radius 2 is 2.05 bits per heavy atom. The van der Waals surface area contributed by atoms with Gasteiger partial charge in [0.2, 0.25) is 0 Å². The van der Waals surface area contributed by atoms with Crippen molar-refractivity contribution in [2.75, 3.05) is 5.32 Å². The molecule has 3 N–H and O–H groups in total. The molecule has 1 aromatic rings. The first-order valence-electron chi connectivity index (χ1n) is 6.06. The molecule has 0 aliphatic heterocycles. The van der Waals surface area contributed by atoms with Gasteiger partial charge in [0.05, 0.1) is 5.56 Å². The van der Waals surface area contributed by atoms with E-state index in [-0.39, 0.29) is 17.6 Å². The first kappa shape index (κ1) is 13.9. The van der Waals surface area contributed by atoms with Crippen molar-refractivity contribution >= 4 is 33.6 Å². The lowest BCUT2D eigenvalue weighted by molar-refractivity contribution is 0.0696. The van der Waals surface area contributed by atoms with E-state index in [4.69, 9.17) is 5.11 Å². The number of aromatic carboxylic acids is 1. The summed E-state index contributed by atoms with van der Waals surface area (Å²) in [5.41, 5.74) is 0.584. The summed E-state index contributed by atoms with van der Waals surface area (Å²) in [5, 5.41) is 14.5. The van der Waals surface area contributed by atoms with Gasteiger partial charge in [-0.3, -0.25) is 0 Å². The number of anilines is 1. The van der Waals surface area contributed by atoms with Crippen LogP contribution in [-0.2, 0) is 0 Å². The third-order valence-corrected chi connectivity index (χ3v) is 3.86. The lowest BCUT2D eigenvalue weighted by Gasteiger charge is -2.33. The molecule has 0 radical (unpaired) electrons. The van der Waals surface area contributed by atoms with Crippen LogP contribution in [0.3, 0.4) is 0 Å². The minimum atomic E-state index is -1.04. The highest BCUT2D eigenvalue weighted by molar-refractivity contribution is 9.10. The van der Waals surface area contributed by atoms with Crippen molar-refractivity contribution in [3.8, 4) is 0 Å². The van der Waals surface area contributed by atoms with Crippen LogP contribution >= 0.6 is 15.9 Å². The van der Waals surface area contributed by atoms with Crippen molar-refractivity contribution in [1.82, 2.24) is 5.32 Å². The maximum Gasteiger partial charge on any atom is 0.336 e. The third kappa shape index (κ3) is 3.47. The molecular weight excluding hydrogens is 312 g/mol. The number of carbonyl (C=O) groups excluding carboxylic acids is 1. The number of amides is 2. The van der Waals surface area contributed by atoms with E-state index in [1.54, 1.807) is 12.1 Å². The van der Waals surface area contributed by atoms with Crippen molar-refractivity contribution < 1.29 is 14.7 Å². The van der Waals surface area contributed by atoms with Gasteiger partial charge in [0.25, 0.3) is 0 Å². The van der Waals surface area contributed by atoms with Crippen LogP contribution < -0.4 is 10.6 Å². The summed E-state index contributed by atoms with van der Waals surface area (Å²) >= 11 is 3.16. The van der Waals surface area contributed by atoms with E-state index < -0.39 is 5.97 Å². The molecule has 0 aromatic heterocycles. The van der Waals surface area contributed by atoms with Crippen molar-refractivity contribution in [2.45, 2.75) is 25.8 Å². The van der Waals surface area contributed by atoms with Crippen LogP contribution in [-0.4, -0.2) is 23.1 Å². The maximum atomic E-state index is 11.7. The lowest BCUT2D eigenvalue weighted by atomic mass is 9.82. The molecule has 0 saturated heterocycles. The van der Waals surface area contributed by atoms with Gasteiger partial charge in [-0.05, 0) is 52.9 Å². The number of carboxylic acids is 1. The highest BCUT2D eigenvalue weighted by atomic mass is 79.9. The van der Waals surface area contributed by atoms with E-state index in [1.165, 1.54) is 6.07 Å². The Bertz CT molecular complexity index is 513. The predicted molar refractivity (Wildman–Crippen MR) is 75.4 cm³/mol. The molecule has 0 unspecified atom stereocenters. The number of benzene rings is 1. The fourth-order valence-electron chi connectivity index (χ4n) is 2.14. The molecule has 19 heavy (non-hydrogen) atoms. The SMILES string of the molecule is CC1CC(NC(=O)Nc2ccc(Br)c(C(=O)O)c2)C1. The second-order valence-corrected chi connectivity index (χ2v) is 5.73. The number of hydrogen-bond donors (Lipinski definition) is 3. The van der Waals surface area contributed by atoms with E-state index in [0.29, 0.717) is 16.1 Å². The van der Waals surface area contributed by atoms with Gasteiger partial charge in [0.15, 0.2) is 0 Å². The molecule has 1 saturated carbocycles. The normalized spacial score (nSPS) is 21.4. The van der Waals surface area contributed by atoms with Gasteiger partial charge >= 0.3 is 12.0 Å². The Balaban J connectivity index is 1.97. The maximum absolute atomic E-state index is 11.7. The molecule has 0 atom stereocenters. The van der Waals surface area contributed by atoms with Crippen LogP contribution in [0.15, 0.2) is 22.7 Å². The number of hydrogen-bond acceptors (Lipinski definition) is 2. The summed E-state index contributed by atoms with van der Waals surface area (Å²) in [6.07, 6.45) is 1.99. The molecule has 2 amide bonds. The molecule has 0 bridgehead atoms. The zero-order chi connectivity index (χ0) is 14.0. The number of urea groups is 1. The third-order valence-electron chi connectivity index (χ3n) is 3.16. The predicted octanol–water partition coefficient (Wildman–Crippen LogP) is 3.07. The summed E-state index contributed by atoms with van der Waals surface area (Å²) in [6.45, 7) is 2.14. The fourth-order valence-corrected chi connectivity index (χ4v) is 2.56. The van der Waals surface area contributed by atoms with Crippen molar-refractivity contribution in [2.24, 2.45) is 5.92 Å². The van der Waals surface area contributed by atoms with Crippen molar-refractivity contribution in [3.63, 3.8) is 0 Å². The van der Waals surface area contributed by atoms with E-state index in [9.17, 15) is 9.59 Å². The summed E-state index contributed by atoms with van der Waals surface area (Å²) in [7, 11) is 0. The largest absolute Gasteiger partial charge is 0.478 e. The van der Waals surface area contributed by atoms with Gasteiger partial charge in [0.1, 0.15) is 0 Å². The molecule has 0 heterocycles. The van der Waals surface area contributed by atoms with E-state index in [2.05, 4.69) is 33.5 Å². The Hall–Kier alpha value is -1.56. The summed E-state index contributed by atoms with van der Waals surface area (Å²) in [5.74, 6) is -0.375. The average molecular weight is 327 g/mol. The zero-order valence-electron chi connectivity index (χ0n) is 10.4. The highest BCUT2D eigenvalue weighted by Crippen LogP contribution is 2.26. The highest BCUT2D eigenvalue weighted by Gasteiger charge is 2.26. The average Bonchev–Trinajstić information content (AvgIpc) is 2.29. The van der Waals surface area contributed by atoms with Crippen molar-refractivity contribution in [3.05, 3.63) is 28.2 Å². The number of carboxylic acid groups (broad SMARTS) is 1. The Morgan fingerprint density at radius 1 is 1.37 bits per heavy atom. The number of rotatable bonds is 3. The minimum absolute atomic E-state index is 0.120. The van der Waals surface area contributed by atoms with Gasteiger partial charge in [-0.15, -0.1) is 0 Å². The topological polar surface area (TPSA) is 78.4 Å². The first-order valence-corrected chi connectivity index (χ1v) is 6.85. The molecule has 6 heteroatoms. The second-order valence-electron chi connectivity index (χ2n) is 4.87. The van der Waals surface area contributed by atoms with Crippen LogP contribution in [0.5, 0.6) is 0 Å². The molecule has 102 valence electrons. The van der Waals surface area contributed by atoms with Gasteiger partial charge in [-0.1, -0.05) is 6.92 Å². The van der Waals surface area contributed by atoms with Crippen LogP contribution in [0.25, 0.3) is 0 Å². The van der Waals surface area contributed by atoms with Crippen LogP contribution in [0.1, 0.15) is 30.1 Å².